The fourth-order valence-electron chi connectivity index (χ4n) is 2.78. The highest BCUT2D eigenvalue weighted by atomic mass is 16.4. The Morgan fingerprint density at radius 2 is 1.39 bits per heavy atom. The van der Waals surface area contributed by atoms with E-state index in [4.69, 9.17) is 16.6 Å². The van der Waals surface area contributed by atoms with Crippen LogP contribution in [0, 0.1) is 5.92 Å². The molecule has 0 spiro atoms. The number of carbonyl (C=O) groups is 5. The van der Waals surface area contributed by atoms with Gasteiger partial charge in [0.2, 0.25) is 17.7 Å². The number of unbranched alkanes of at least 4 members (excludes halogenated alkanes) is 1. The molecule has 0 aliphatic rings. The molecule has 13 nitrogen and oxygen atoms in total. The van der Waals surface area contributed by atoms with Gasteiger partial charge in [-0.05, 0) is 45.1 Å². The first-order valence-electron chi connectivity index (χ1n) is 10.8. The van der Waals surface area contributed by atoms with E-state index in [2.05, 4.69) is 16.0 Å². The highest BCUT2D eigenvalue weighted by Crippen LogP contribution is 2.06. The summed E-state index contributed by atoms with van der Waals surface area (Å²) in [5.74, 6) is -5.31. The maximum atomic E-state index is 12.7. The van der Waals surface area contributed by atoms with Crippen molar-refractivity contribution in [1.29, 1.82) is 0 Å². The Kier molecular flexibility index (Phi) is 13.9. The van der Waals surface area contributed by atoms with Crippen LogP contribution in [0.5, 0.6) is 0 Å². The van der Waals surface area contributed by atoms with Gasteiger partial charge < -0.3 is 42.7 Å². The molecular weight excluding hydrogens is 438 g/mol. The predicted octanol–water partition coefficient (Wildman–Crippen LogP) is -2.12. The monoisotopic (exact) mass is 475 g/mol. The van der Waals surface area contributed by atoms with E-state index in [0.29, 0.717) is 19.4 Å². The molecule has 0 aliphatic heterocycles. The normalized spacial score (nSPS) is 15.6. The molecule has 5 unspecified atom stereocenters. The van der Waals surface area contributed by atoms with Gasteiger partial charge in [-0.1, -0.05) is 13.8 Å². The minimum Gasteiger partial charge on any atom is -0.481 e. The molecule has 10 N–H and O–H groups in total. The zero-order valence-corrected chi connectivity index (χ0v) is 19.2. The molecule has 0 aromatic rings. The van der Waals surface area contributed by atoms with E-state index in [9.17, 15) is 34.2 Å². The lowest BCUT2D eigenvalue weighted by molar-refractivity contribution is -0.143. The first-order chi connectivity index (χ1) is 15.3. The number of aliphatic carboxylic acids is 2. The van der Waals surface area contributed by atoms with Crippen LogP contribution in [-0.2, 0) is 24.0 Å². The summed E-state index contributed by atoms with van der Waals surface area (Å²) in [6.45, 7) is 4.99. The summed E-state index contributed by atoms with van der Waals surface area (Å²) in [6.07, 6.45) is -1.11. The van der Waals surface area contributed by atoms with E-state index < -0.39 is 66.4 Å². The van der Waals surface area contributed by atoms with Gasteiger partial charge in [0.1, 0.15) is 18.1 Å². The van der Waals surface area contributed by atoms with Crippen molar-refractivity contribution < 1.29 is 39.3 Å². The van der Waals surface area contributed by atoms with Gasteiger partial charge in [-0.2, -0.15) is 0 Å². The Hall–Kier alpha value is -2.77. The van der Waals surface area contributed by atoms with Crippen molar-refractivity contribution in [2.45, 2.75) is 83.1 Å². The summed E-state index contributed by atoms with van der Waals surface area (Å²) in [7, 11) is 0. The van der Waals surface area contributed by atoms with Crippen LogP contribution in [-0.4, -0.2) is 81.8 Å². The average Bonchev–Trinajstić information content (AvgIpc) is 2.72. The van der Waals surface area contributed by atoms with Crippen molar-refractivity contribution in [1.82, 2.24) is 16.0 Å². The Morgan fingerprint density at radius 3 is 1.85 bits per heavy atom. The van der Waals surface area contributed by atoms with Crippen LogP contribution in [0.1, 0.15) is 52.9 Å². The quantitative estimate of drug-likeness (QED) is 0.113. The van der Waals surface area contributed by atoms with Crippen molar-refractivity contribution in [2.24, 2.45) is 17.4 Å². The lowest BCUT2D eigenvalue weighted by atomic mass is 10.0. The molecule has 0 saturated carbocycles. The summed E-state index contributed by atoms with van der Waals surface area (Å²) < 4.78 is 0. The van der Waals surface area contributed by atoms with Gasteiger partial charge in [0.05, 0.1) is 12.1 Å². The minimum absolute atomic E-state index is 0.0946. The number of amides is 3. The Morgan fingerprint density at radius 1 is 0.818 bits per heavy atom. The van der Waals surface area contributed by atoms with Crippen LogP contribution in [0.25, 0.3) is 0 Å². The first-order valence-corrected chi connectivity index (χ1v) is 10.8. The number of aliphatic hydroxyl groups is 1. The molecule has 5 atom stereocenters. The third-order valence-corrected chi connectivity index (χ3v) is 4.92. The number of rotatable bonds is 16. The molecule has 3 amide bonds. The first kappa shape index (κ1) is 30.2. The molecule has 0 radical (unpaired) electrons. The van der Waals surface area contributed by atoms with Crippen LogP contribution in [0.4, 0.5) is 0 Å². The molecule has 0 aromatic carbocycles. The standard InChI is InChI=1S/C20H37N5O8/c1-10(2)15(22)18(30)25-16(11(3)26)19(31)23-12(7-8-14(27)28)17(29)24-13(20(32)33)6-4-5-9-21/h10-13,15-16,26H,4-9,21-22H2,1-3H3,(H,23,31)(H,24,29)(H,25,30)(H,27,28)(H,32,33). The van der Waals surface area contributed by atoms with Gasteiger partial charge in [0.25, 0.3) is 0 Å². The Bertz CT molecular complexity index is 685. The van der Waals surface area contributed by atoms with Gasteiger partial charge in [-0.25, -0.2) is 4.79 Å². The third-order valence-electron chi connectivity index (χ3n) is 4.92. The SMILES string of the molecule is CC(C)C(N)C(=O)NC(C(=O)NC(CCC(=O)O)C(=O)NC(CCCCN)C(=O)O)C(C)O. The smallest absolute Gasteiger partial charge is 0.326 e. The molecule has 0 rings (SSSR count). The molecule has 0 aromatic heterocycles. The van der Waals surface area contributed by atoms with Crippen LogP contribution in [0.2, 0.25) is 0 Å². The molecule has 0 saturated heterocycles. The second-order valence-electron chi connectivity index (χ2n) is 8.17. The highest BCUT2D eigenvalue weighted by molar-refractivity contribution is 5.94. The van der Waals surface area contributed by atoms with Gasteiger partial charge in [0, 0.05) is 6.42 Å². The lowest BCUT2D eigenvalue weighted by Gasteiger charge is -2.27. The molecule has 0 bridgehead atoms. The molecule has 33 heavy (non-hydrogen) atoms. The van der Waals surface area contributed by atoms with E-state index in [0.717, 1.165) is 0 Å². The van der Waals surface area contributed by atoms with E-state index in [-0.39, 0.29) is 18.8 Å². The number of carboxylic acids is 2. The van der Waals surface area contributed by atoms with Gasteiger partial charge in [-0.3, -0.25) is 19.2 Å². The van der Waals surface area contributed by atoms with E-state index in [1.165, 1.54) is 6.92 Å². The van der Waals surface area contributed by atoms with Crippen LogP contribution < -0.4 is 27.4 Å². The van der Waals surface area contributed by atoms with Gasteiger partial charge in [0.15, 0.2) is 0 Å². The summed E-state index contributed by atoms with van der Waals surface area (Å²) in [6, 6.07) is -5.09. The molecule has 0 heterocycles. The lowest BCUT2D eigenvalue weighted by Crippen LogP contribution is -2.60. The fraction of sp³-hybridized carbons (Fsp3) is 0.750. The van der Waals surface area contributed by atoms with E-state index in [1.54, 1.807) is 13.8 Å². The van der Waals surface area contributed by atoms with Gasteiger partial charge in [-0.15, -0.1) is 0 Å². The minimum atomic E-state index is -1.47. The number of hydrogen-bond acceptors (Lipinski definition) is 8. The second-order valence-corrected chi connectivity index (χ2v) is 8.17. The zero-order valence-electron chi connectivity index (χ0n) is 19.2. The largest absolute Gasteiger partial charge is 0.481 e. The molecule has 0 aliphatic carbocycles. The number of aliphatic hydroxyl groups excluding tert-OH is 1. The summed E-state index contributed by atoms with van der Waals surface area (Å²) in [5.41, 5.74) is 11.1. The fourth-order valence-corrected chi connectivity index (χ4v) is 2.78. The third kappa shape index (κ3) is 11.6. The van der Waals surface area contributed by atoms with E-state index >= 15 is 0 Å². The zero-order chi connectivity index (χ0) is 25.7. The topological polar surface area (TPSA) is 234 Å². The van der Waals surface area contributed by atoms with Crippen molar-refractivity contribution >= 4 is 29.7 Å². The number of carbonyl (C=O) groups excluding carboxylic acids is 3. The molecular formula is C20H37N5O8. The van der Waals surface area contributed by atoms with Crippen molar-refractivity contribution in [2.75, 3.05) is 6.54 Å². The highest BCUT2D eigenvalue weighted by Gasteiger charge is 2.33. The number of hydrogen-bond donors (Lipinski definition) is 8. The second kappa shape index (κ2) is 15.1. The molecule has 13 heteroatoms. The Labute approximate surface area is 192 Å². The molecule has 0 fully saturated rings. The Balaban J connectivity index is 5.46. The van der Waals surface area contributed by atoms with Crippen LogP contribution in [0.3, 0.4) is 0 Å². The van der Waals surface area contributed by atoms with Crippen LogP contribution >= 0.6 is 0 Å². The van der Waals surface area contributed by atoms with Crippen molar-refractivity contribution in [3.8, 4) is 0 Å². The van der Waals surface area contributed by atoms with Crippen molar-refractivity contribution in [3.05, 3.63) is 0 Å². The maximum absolute atomic E-state index is 12.7. The van der Waals surface area contributed by atoms with Gasteiger partial charge >= 0.3 is 11.9 Å². The van der Waals surface area contributed by atoms with Crippen molar-refractivity contribution in [3.63, 3.8) is 0 Å². The predicted molar refractivity (Wildman–Crippen MR) is 118 cm³/mol. The summed E-state index contributed by atoms with van der Waals surface area (Å²) in [5, 5.41) is 35.2. The summed E-state index contributed by atoms with van der Waals surface area (Å²) in [4.78, 5) is 60.1. The maximum Gasteiger partial charge on any atom is 0.326 e. The number of carboxylic acid groups (broad SMARTS) is 2. The molecule has 190 valence electrons. The van der Waals surface area contributed by atoms with E-state index in [1.807, 2.05) is 0 Å². The number of nitrogens with two attached hydrogens (primary N) is 2. The summed E-state index contributed by atoms with van der Waals surface area (Å²) >= 11 is 0. The van der Waals surface area contributed by atoms with Crippen LogP contribution in [0.15, 0.2) is 0 Å². The average molecular weight is 476 g/mol. The number of nitrogens with one attached hydrogen (secondary N) is 3.